The van der Waals surface area contributed by atoms with E-state index in [0.717, 1.165) is 0 Å². The van der Waals surface area contributed by atoms with Gasteiger partial charge in [-0.25, -0.2) is 0 Å². The Morgan fingerprint density at radius 2 is 2.09 bits per heavy atom. The van der Waals surface area contributed by atoms with Gasteiger partial charge in [-0.3, -0.25) is 4.79 Å². The second kappa shape index (κ2) is 6.39. The number of carboxylic acid groups (broad SMARTS) is 1. The zero-order valence-corrected chi connectivity index (χ0v) is 7.64. The standard InChI is InChI=1S/C6H13NO3.ClH/c1-4(10-3)5(7-2)6(8)9;/h4-5,7H,1-3H3,(H,8,9);1H/t4-,5+;/m1./s1. The number of carboxylic acids is 1. The smallest absolute Gasteiger partial charge is 0.323 e. The summed E-state index contributed by atoms with van der Waals surface area (Å²) in [7, 11) is 3.08. The van der Waals surface area contributed by atoms with Gasteiger partial charge in [0.05, 0.1) is 6.10 Å². The molecule has 0 saturated carbocycles. The van der Waals surface area contributed by atoms with Crippen LogP contribution in [0.2, 0.25) is 0 Å². The quantitative estimate of drug-likeness (QED) is 0.650. The number of nitrogens with one attached hydrogen (secondary N) is 1. The van der Waals surface area contributed by atoms with Crippen LogP contribution >= 0.6 is 12.4 Å². The highest BCUT2D eigenvalue weighted by molar-refractivity contribution is 5.85. The van der Waals surface area contributed by atoms with Gasteiger partial charge in [0.1, 0.15) is 6.04 Å². The Labute approximate surface area is 72.3 Å². The molecule has 0 aromatic heterocycles. The summed E-state index contributed by atoms with van der Waals surface area (Å²) in [5.74, 6) is -0.892. The lowest BCUT2D eigenvalue weighted by atomic mass is 10.2. The Kier molecular flexibility index (Phi) is 7.72. The lowest BCUT2D eigenvalue weighted by molar-refractivity contribution is -0.142. The number of ether oxygens (including phenoxy) is 1. The summed E-state index contributed by atoms with van der Waals surface area (Å²) in [4.78, 5) is 10.4. The largest absolute Gasteiger partial charge is 0.480 e. The van der Waals surface area contributed by atoms with E-state index in [1.165, 1.54) is 7.11 Å². The van der Waals surface area contributed by atoms with Gasteiger partial charge in [0, 0.05) is 7.11 Å². The SMILES string of the molecule is CN[C@H](C(=O)O)[C@@H](C)OC.Cl. The van der Waals surface area contributed by atoms with Crippen molar-refractivity contribution in [3.05, 3.63) is 0 Å². The van der Waals surface area contributed by atoms with Gasteiger partial charge in [0.15, 0.2) is 0 Å². The van der Waals surface area contributed by atoms with Gasteiger partial charge in [-0.1, -0.05) is 0 Å². The van der Waals surface area contributed by atoms with Crippen molar-refractivity contribution in [3.63, 3.8) is 0 Å². The summed E-state index contributed by atoms with van der Waals surface area (Å²) < 4.78 is 4.82. The molecule has 11 heavy (non-hydrogen) atoms. The summed E-state index contributed by atoms with van der Waals surface area (Å²) in [5.41, 5.74) is 0. The van der Waals surface area contributed by atoms with Gasteiger partial charge in [-0.2, -0.15) is 0 Å². The predicted molar refractivity (Wildman–Crippen MR) is 44.2 cm³/mol. The number of methoxy groups -OCH3 is 1. The molecule has 0 bridgehead atoms. The molecular formula is C6H14ClNO3. The maximum atomic E-state index is 10.4. The summed E-state index contributed by atoms with van der Waals surface area (Å²) in [6, 6.07) is -0.620. The molecule has 0 spiro atoms. The highest BCUT2D eigenvalue weighted by Crippen LogP contribution is 1.95. The zero-order chi connectivity index (χ0) is 8.15. The van der Waals surface area contributed by atoms with E-state index in [2.05, 4.69) is 5.32 Å². The van der Waals surface area contributed by atoms with E-state index in [0.29, 0.717) is 0 Å². The molecule has 0 rings (SSSR count). The molecule has 68 valence electrons. The first kappa shape index (κ1) is 13.3. The van der Waals surface area contributed by atoms with E-state index in [1.807, 2.05) is 0 Å². The highest BCUT2D eigenvalue weighted by Gasteiger charge is 2.21. The van der Waals surface area contributed by atoms with Crippen molar-refractivity contribution in [3.8, 4) is 0 Å². The highest BCUT2D eigenvalue weighted by atomic mass is 35.5. The molecule has 0 aromatic carbocycles. The Morgan fingerprint density at radius 1 is 1.64 bits per heavy atom. The third-order valence-corrected chi connectivity index (χ3v) is 1.42. The molecule has 0 unspecified atom stereocenters. The van der Waals surface area contributed by atoms with Crippen LogP contribution in [0.5, 0.6) is 0 Å². The first-order chi connectivity index (χ1) is 4.63. The Hall–Kier alpha value is -0.320. The molecule has 2 N–H and O–H groups in total. The van der Waals surface area contributed by atoms with E-state index in [9.17, 15) is 4.79 Å². The van der Waals surface area contributed by atoms with Gasteiger partial charge in [-0.15, -0.1) is 12.4 Å². The van der Waals surface area contributed by atoms with E-state index in [1.54, 1.807) is 14.0 Å². The van der Waals surface area contributed by atoms with Gasteiger partial charge >= 0.3 is 5.97 Å². The lowest BCUT2D eigenvalue weighted by Crippen LogP contribution is -2.43. The summed E-state index contributed by atoms with van der Waals surface area (Å²) in [6.45, 7) is 1.70. The molecule has 0 aliphatic heterocycles. The molecular weight excluding hydrogens is 170 g/mol. The van der Waals surface area contributed by atoms with Crippen molar-refractivity contribution in [2.45, 2.75) is 19.1 Å². The first-order valence-corrected chi connectivity index (χ1v) is 3.06. The molecule has 0 radical (unpaired) electrons. The Morgan fingerprint density at radius 3 is 2.18 bits per heavy atom. The van der Waals surface area contributed by atoms with Crippen molar-refractivity contribution >= 4 is 18.4 Å². The molecule has 0 aliphatic rings. The number of rotatable bonds is 4. The molecule has 0 aliphatic carbocycles. The molecule has 5 heteroatoms. The monoisotopic (exact) mass is 183 g/mol. The van der Waals surface area contributed by atoms with Crippen LogP contribution in [0.1, 0.15) is 6.92 Å². The fourth-order valence-corrected chi connectivity index (χ4v) is 0.695. The average Bonchev–Trinajstić information content (AvgIpc) is 1.88. The zero-order valence-electron chi connectivity index (χ0n) is 6.83. The third-order valence-electron chi connectivity index (χ3n) is 1.42. The molecule has 0 heterocycles. The lowest BCUT2D eigenvalue weighted by Gasteiger charge is -2.17. The summed E-state index contributed by atoms with van der Waals surface area (Å²) in [5, 5.41) is 11.2. The van der Waals surface area contributed by atoms with Crippen LogP contribution in [-0.4, -0.2) is 37.4 Å². The minimum absolute atomic E-state index is 0. The van der Waals surface area contributed by atoms with Crippen molar-refractivity contribution in [1.29, 1.82) is 0 Å². The second-order valence-electron chi connectivity index (χ2n) is 2.05. The topological polar surface area (TPSA) is 58.6 Å². The van der Waals surface area contributed by atoms with Gasteiger partial charge in [-0.05, 0) is 14.0 Å². The van der Waals surface area contributed by atoms with Crippen LogP contribution in [0.4, 0.5) is 0 Å². The predicted octanol–water partition coefficient (Wildman–Crippen LogP) is 0.116. The summed E-state index contributed by atoms with van der Waals surface area (Å²) in [6.07, 6.45) is -0.303. The minimum Gasteiger partial charge on any atom is -0.480 e. The van der Waals surface area contributed by atoms with Crippen molar-refractivity contribution in [1.82, 2.24) is 5.32 Å². The van der Waals surface area contributed by atoms with E-state index >= 15 is 0 Å². The van der Waals surface area contributed by atoms with Crippen molar-refractivity contribution < 1.29 is 14.6 Å². The fourth-order valence-electron chi connectivity index (χ4n) is 0.695. The van der Waals surface area contributed by atoms with Crippen LogP contribution < -0.4 is 5.32 Å². The Balaban J connectivity index is 0. The number of aliphatic carboxylic acids is 1. The maximum Gasteiger partial charge on any atom is 0.323 e. The van der Waals surface area contributed by atoms with Crippen molar-refractivity contribution in [2.75, 3.05) is 14.2 Å². The number of carbonyl (C=O) groups is 1. The molecule has 4 nitrogen and oxygen atoms in total. The average molecular weight is 184 g/mol. The van der Waals surface area contributed by atoms with Crippen LogP contribution in [0, 0.1) is 0 Å². The molecule has 0 saturated heterocycles. The number of hydrogen-bond acceptors (Lipinski definition) is 3. The molecule has 0 amide bonds. The third kappa shape index (κ3) is 4.19. The Bertz CT molecular complexity index is 120. The van der Waals surface area contributed by atoms with Crippen LogP contribution in [0.3, 0.4) is 0 Å². The number of likely N-dealkylation sites (N-methyl/N-ethyl adjacent to an activating group) is 1. The fraction of sp³-hybridized carbons (Fsp3) is 0.833. The normalized spacial score (nSPS) is 14.8. The summed E-state index contributed by atoms with van der Waals surface area (Å²) >= 11 is 0. The molecule has 2 atom stereocenters. The van der Waals surface area contributed by atoms with Gasteiger partial charge in [0.2, 0.25) is 0 Å². The van der Waals surface area contributed by atoms with Gasteiger partial charge < -0.3 is 15.2 Å². The number of halogens is 1. The van der Waals surface area contributed by atoms with Crippen molar-refractivity contribution in [2.24, 2.45) is 0 Å². The van der Waals surface area contributed by atoms with Crippen LogP contribution in [0.25, 0.3) is 0 Å². The van der Waals surface area contributed by atoms with Crippen LogP contribution in [-0.2, 0) is 9.53 Å². The number of hydrogen-bond donors (Lipinski definition) is 2. The van der Waals surface area contributed by atoms with E-state index in [-0.39, 0.29) is 18.5 Å². The molecule has 0 fully saturated rings. The molecule has 0 aromatic rings. The second-order valence-corrected chi connectivity index (χ2v) is 2.05. The van der Waals surface area contributed by atoms with E-state index < -0.39 is 12.0 Å². The first-order valence-electron chi connectivity index (χ1n) is 3.06. The maximum absolute atomic E-state index is 10.4. The van der Waals surface area contributed by atoms with E-state index in [4.69, 9.17) is 9.84 Å². The minimum atomic E-state index is -0.892. The van der Waals surface area contributed by atoms with Gasteiger partial charge in [0.25, 0.3) is 0 Å². The van der Waals surface area contributed by atoms with Crippen LogP contribution in [0.15, 0.2) is 0 Å².